The summed E-state index contributed by atoms with van der Waals surface area (Å²) in [6.45, 7) is 4.42. The SMILES string of the molecule is Cc1ccccc1-c1cnn(C(C)C2CC2)c1. The van der Waals surface area contributed by atoms with E-state index in [0.29, 0.717) is 6.04 Å². The highest BCUT2D eigenvalue weighted by Gasteiger charge is 2.29. The third kappa shape index (κ3) is 1.99. The number of nitrogens with zero attached hydrogens (tertiary/aromatic N) is 2. The van der Waals surface area contributed by atoms with Gasteiger partial charge in [-0.2, -0.15) is 5.10 Å². The zero-order valence-corrected chi connectivity index (χ0v) is 10.4. The molecule has 1 fully saturated rings. The molecule has 1 atom stereocenters. The monoisotopic (exact) mass is 226 g/mol. The lowest BCUT2D eigenvalue weighted by Gasteiger charge is -2.09. The molecule has 1 aliphatic carbocycles. The summed E-state index contributed by atoms with van der Waals surface area (Å²) in [6.07, 6.45) is 6.90. The van der Waals surface area contributed by atoms with E-state index in [4.69, 9.17) is 0 Å². The van der Waals surface area contributed by atoms with E-state index in [2.05, 4.69) is 54.1 Å². The van der Waals surface area contributed by atoms with Crippen molar-refractivity contribution in [3.8, 4) is 11.1 Å². The predicted octanol–water partition coefficient (Wildman–Crippen LogP) is 3.83. The van der Waals surface area contributed by atoms with Gasteiger partial charge in [-0.1, -0.05) is 24.3 Å². The van der Waals surface area contributed by atoms with Gasteiger partial charge >= 0.3 is 0 Å². The standard InChI is InChI=1S/C15H18N2/c1-11-5-3-4-6-15(11)14-9-16-17(10-14)12(2)13-7-8-13/h3-6,9-10,12-13H,7-8H2,1-2H3. The van der Waals surface area contributed by atoms with Crippen LogP contribution in [-0.4, -0.2) is 9.78 Å². The molecule has 0 bridgehead atoms. The molecule has 1 aromatic heterocycles. The van der Waals surface area contributed by atoms with Gasteiger partial charge in [0.15, 0.2) is 0 Å². The molecular formula is C15H18N2. The molecule has 3 rings (SSSR count). The van der Waals surface area contributed by atoms with Gasteiger partial charge in [-0.05, 0) is 43.7 Å². The van der Waals surface area contributed by atoms with Crippen LogP contribution in [0.25, 0.3) is 11.1 Å². The van der Waals surface area contributed by atoms with Crippen molar-refractivity contribution >= 4 is 0 Å². The van der Waals surface area contributed by atoms with Gasteiger partial charge in [0, 0.05) is 11.8 Å². The van der Waals surface area contributed by atoms with E-state index in [1.165, 1.54) is 29.5 Å². The highest BCUT2D eigenvalue weighted by molar-refractivity contribution is 5.65. The van der Waals surface area contributed by atoms with E-state index in [1.807, 2.05) is 6.20 Å². The smallest absolute Gasteiger partial charge is 0.0568 e. The van der Waals surface area contributed by atoms with Crippen molar-refractivity contribution in [2.24, 2.45) is 5.92 Å². The molecule has 1 aliphatic rings. The molecule has 0 aliphatic heterocycles. The molecule has 2 nitrogen and oxygen atoms in total. The lowest BCUT2D eigenvalue weighted by atomic mass is 10.0. The normalized spacial score (nSPS) is 17.1. The summed E-state index contributed by atoms with van der Waals surface area (Å²) in [7, 11) is 0. The topological polar surface area (TPSA) is 17.8 Å². The van der Waals surface area contributed by atoms with Gasteiger partial charge in [0.2, 0.25) is 0 Å². The van der Waals surface area contributed by atoms with Crippen molar-refractivity contribution in [1.29, 1.82) is 0 Å². The third-order valence-electron chi connectivity index (χ3n) is 3.78. The molecule has 0 saturated heterocycles. The molecule has 1 saturated carbocycles. The summed E-state index contributed by atoms with van der Waals surface area (Å²) in [5.74, 6) is 0.847. The van der Waals surface area contributed by atoms with Crippen LogP contribution in [0.4, 0.5) is 0 Å². The van der Waals surface area contributed by atoms with Gasteiger partial charge in [-0.15, -0.1) is 0 Å². The second-order valence-electron chi connectivity index (χ2n) is 5.10. The molecule has 0 amide bonds. The number of hydrogen-bond donors (Lipinski definition) is 0. The van der Waals surface area contributed by atoms with Crippen molar-refractivity contribution in [2.45, 2.75) is 32.7 Å². The molecule has 88 valence electrons. The van der Waals surface area contributed by atoms with Crippen LogP contribution in [-0.2, 0) is 0 Å². The maximum Gasteiger partial charge on any atom is 0.0568 e. The van der Waals surface area contributed by atoms with Crippen molar-refractivity contribution in [3.05, 3.63) is 42.2 Å². The summed E-state index contributed by atoms with van der Waals surface area (Å²) in [4.78, 5) is 0. The Bertz CT molecular complexity index is 523. The van der Waals surface area contributed by atoms with Crippen LogP contribution in [0.5, 0.6) is 0 Å². The molecule has 0 radical (unpaired) electrons. The number of benzene rings is 1. The first-order valence-corrected chi connectivity index (χ1v) is 6.36. The Hall–Kier alpha value is -1.57. The highest BCUT2D eigenvalue weighted by Crippen LogP contribution is 2.39. The number of rotatable bonds is 3. The van der Waals surface area contributed by atoms with E-state index in [0.717, 1.165) is 5.92 Å². The Balaban J connectivity index is 1.92. The maximum atomic E-state index is 4.51. The molecule has 17 heavy (non-hydrogen) atoms. The lowest BCUT2D eigenvalue weighted by molar-refractivity contribution is 0.440. The summed E-state index contributed by atoms with van der Waals surface area (Å²) in [5, 5.41) is 4.51. The zero-order chi connectivity index (χ0) is 11.8. The minimum atomic E-state index is 0.549. The summed E-state index contributed by atoms with van der Waals surface area (Å²) >= 11 is 0. The minimum absolute atomic E-state index is 0.549. The second kappa shape index (κ2) is 4.02. The Kier molecular flexibility index (Phi) is 2.50. The second-order valence-corrected chi connectivity index (χ2v) is 5.10. The van der Waals surface area contributed by atoms with Crippen LogP contribution in [0.3, 0.4) is 0 Å². The largest absolute Gasteiger partial charge is 0.269 e. The molecular weight excluding hydrogens is 208 g/mol. The molecule has 1 aromatic carbocycles. The first-order valence-electron chi connectivity index (χ1n) is 6.36. The average Bonchev–Trinajstić information content (AvgIpc) is 3.07. The van der Waals surface area contributed by atoms with Crippen LogP contribution in [0.15, 0.2) is 36.7 Å². The Morgan fingerprint density at radius 3 is 2.76 bits per heavy atom. The first kappa shape index (κ1) is 10.6. The summed E-state index contributed by atoms with van der Waals surface area (Å²) < 4.78 is 2.12. The van der Waals surface area contributed by atoms with Crippen molar-refractivity contribution in [3.63, 3.8) is 0 Å². The average molecular weight is 226 g/mol. The molecule has 2 heteroatoms. The highest BCUT2D eigenvalue weighted by atomic mass is 15.3. The van der Waals surface area contributed by atoms with Gasteiger partial charge in [-0.3, -0.25) is 4.68 Å². The molecule has 1 unspecified atom stereocenters. The van der Waals surface area contributed by atoms with E-state index in [1.54, 1.807) is 0 Å². The fourth-order valence-corrected chi connectivity index (χ4v) is 2.39. The van der Waals surface area contributed by atoms with Gasteiger partial charge in [0.1, 0.15) is 0 Å². The molecule has 0 N–H and O–H groups in total. The summed E-state index contributed by atoms with van der Waals surface area (Å²) in [6, 6.07) is 9.03. The van der Waals surface area contributed by atoms with Crippen molar-refractivity contribution < 1.29 is 0 Å². The number of aryl methyl sites for hydroxylation is 1. The van der Waals surface area contributed by atoms with Gasteiger partial charge in [0.05, 0.1) is 12.2 Å². The Morgan fingerprint density at radius 1 is 1.29 bits per heavy atom. The third-order valence-corrected chi connectivity index (χ3v) is 3.78. The molecule has 2 aromatic rings. The number of aromatic nitrogens is 2. The zero-order valence-electron chi connectivity index (χ0n) is 10.4. The van der Waals surface area contributed by atoms with Crippen LogP contribution in [0.2, 0.25) is 0 Å². The minimum Gasteiger partial charge on any atom is -0.269 e. The maximum absolute atomic E-state index is 4.51. The molecule has 0 spiro atoms. The van der Waals surface area contributed by atoms with Crippen molar-refractivity contribution in [1.82, 2.24) is 9.78 Å². The van der Waals surface area contributed by atoms with Gasteiger partial charge < -0.3 is 0 Å². The summed E-state index contributed by atoms with van der Waals surface area (Å²) in [5.41, 5.74) is 3.84. The quantitative estimate of drug-likeness (QED) is 0.777. The lowest BCUT2D eigenvalue weighted by Crippen LogP contribution is -2.06. The van der Waals surface area contributed by atoms with Crippen LogP contribution in [0, 0.1) is 12.8 Å². The number of hydrogen-bond acceptors (Lipinski definition) is 1. The fraction of sp³-hybridized carbons (Fsp3) is 0.400. The van der Waals surface area contributed by atoms with Gasteiger partial charge in [-0.25, -0.2) is 0 Å². The van der Waals surface area contributed by atoms with E-state index >= 15 is 0 Å². The predicted molar refractivity (Wildman–Crippen MR) is 69.8 cm³/mol. The van der Waals surface area contributed by atoms with E-state index in [9.17, 15) is 0 Å². The van der Waals surface area contributed by atoms with Crippen LogP contribution in [0.1, 0.15) is 31.4 Å². The fourth-order valence-electron chi connectivity index (χ4n) is 2.39. The first-order chi connectivity index (χ1) is 8.25. The van der Waals surface area contributed by atoms with Gasteiger partial charge in [0.25, 0.3) is 0 Å². The van der Waals surface area contributed by atoms with E-state index < -0.39 is 0 Å². The van der Waals surface area contributed by atoms with Crippen molar-refractivity contribution in [2.75, 3.05) is 0 Å². The van der Waals surface area contributed by atoms with Crippen LogP contribution >= 0.6 is 0 Å². The van der Waals surface area contributed by atoms with E-state index in [-0.39, 0.29) is 0 Å². The molecule has 1 heterocycles. The van der Waals surface area contributed by atoms with Crippen LogP contribution < -0.4 is 0 Å². The Labute approximate surface area is 102 Å². The Morgan fingerprint density at radius 2 is 2.06 bits per heavy atom.